The molecule has 25 heavy (non-hydrogen) atoms. The van der Waals surface area contributed by atoms with Gasteiger partial charge in [0, 0.05) is 16.7 Å². The molecule has 1 aromatic carbocycles. The van der Waals surface area contributed by atoms with E-state index in [1.54, 1.807) is 30.5 Å². The average molecular weight is 434 g/mol. The summed E-state index contributed by atoms with van der Waals surface area (Å²) in [6, 6.07) is 16.2. The van der Waals surface area contributed by atoms with Gasteiger partial charge in [-0.2, -0.15) is 0 Å². The largest absolute Gasteiger partial charge is 0.279 e. The molecule has 126 valence electrons. The highest BCUT2D eigenvalue weighted by atomic mass is 79.9. The molecule has 0 bridgehead atoms. The van der Waals surface area contributed by atoms with E-state index in [9.17, 15) is 9.59 Å². The molecule has 2 aromatic heterocycles. The number of hydrogen-bond donors (Lipinski definition) is 2. The maximum atomic E-state index is 12.1. The molecular weight excluding hydrogens is 422 g/mol. The molecule has 0 aliphatic rings. The molecule has 2 amide bonds. The number of halogens is 1. The van der Waals surface area contributed by atoms with Gasteiger partial charge in [-0.3, -0.25) is 20.4 Å². The van der Waals surface area contributed by atoms with Crippen LogP contribution in [0, 0.1) is 0 Å². The summed E-state index contributed by atoms with van der Waals surface area (Å²) < 4.78 is 0.852. The Morgan fingerprint density at radius 3 is 2.36 bits per heavy atom. The predicted molar refractivity (Wildman–Crippen MR) is 102 cm³/mol. The summed E-state index contributed by atoms with van der Waals surface area (Å²) in [5, 5.41) is 0.883. The monoisotopic (exact) mass is 433 g/mol. The summed E-state index contributed by atoms with van der Waals surface area (Å²) in [4.78, 5) is 29.7. The van der Waals surface area contributed by atoms with Crippen molar-refractivity contribution in [2.24, 2.45) is 0 Å². The molecule has 0 aliphatic heterocycles. The summed E-state index contributed by atoms with van der Waals surface area (Å²) in [6.45, 7) is 0. The number of carbonyl (C=O) groups is 2. The van der Waals surface area contributed by atoms with E-state index < -0.39 is 0 Å². The number of rotatable bonds is 4. The van der Waals surface area contributed by atoms with Crippen molar-refractivity contribution in [3.05, 3.63) is 75.0 Å². The molecule has 0 aliphatic carbocycles. The highest BCUT2D eigenvalue weighted by Gasteiger charge is 2.11. The summed E-state index contributed by atoms with van der Waals surface area (Å²) >= 11 is 6.09. The van der Waals surface area contributed by atoms with Crippen molar-refractivity contribution in [1.29, 1.82) is 0 Å². The topological polar surface area (TPSA) is 71.1 Å². The zero-order chi connectivity index (χ0) is 17.6. The lowest BCUT2D eigenvalue weighted by molar-refractivity contribution is 0.0849. The van der Waals surface area contributed by atoms with E-state index in [4.69, 9.17) is 0 Å². The maximum absolute atomic E-state index is 12.1. The van der Waals surface area contributed by atoms with Crippen LogP contribution in [0.5, 0.6) is 0 Å². The van der Waals surface area contributed by atoms with E-state index in [0.717, 1.165) is 13.7 Å². The van der Waals surface area contributed by atoms with Crippen molar-refractivity contribution >= 4 is 50.8 Å². The average Bonchev–Trinajstić information content (AvgIpc) is 3.07. The van der Waals surface area contributed by atoms with Gasteiger partial charge in [0.2, 0.25) is 0 Å². The summed E-state index contributed by atoms with van der Waals surface area (Å²) in [5.74, 6) is -0.732. The normalized spacial score (nSPS) is 10.3. The van der Waals surface area contributed by atoms with E-state index in [1.165, 1.54) is 23.1 Å². The number of carbonyl (C=O) groups excluding carboxylic acids is 2. The molecule has 0 saturated carbocycles. The molecule has 0 atom stereocenters. The quantitative estimate of drug-likeness (QED) is 0.606. The van der Waals surface area contributed by atoms with Crippen LogP contribution in [-0.4, -0.2) is 16.8 Å². The number of amides is 2. The standard InChI is InChI=1S/C17H12BrN3O2S2/c18-14-9-8-13(25-14)17(23)21-20-16(22)11-4-6-12(7-5-11)24-15-3-1-2-10-19-15/h1-10H,(H,20,22)(H,21,23). The van der Waals surface area contributed by atoms with Gasteiger partial charge in [-0.1, -0.05) is 17.8 Å². The second kappa shape index (κ2) is 8.28. The van der Waals surface area contributed by atoms with Gasteiger partial charge in [0.25, 0.3) is 11.8 Å². The van der Waals surface area contributed by atoms with Gasteiger partial charge < -0.3 is 0 Å². The van der Waals surface area contributed by atoms with Crippen LogP contribution < -0.4 is 10.9 Å². The van der Waals surface area contributed by atoms with E-state index in [2.05, 4.69) is 31.8 Å². The second-order valence-electron chi connectivity index (χ2n) is 4.81. The van der Waals surface area contributed by atoms with Gasteiger partial charge in [0.05, 0.1) is 8.66 Å². The molecule has 0 unspecified atom stereocenters. The number of hydrogen-bond acceptors (Lipinski definition) is 5. The molecule has 0 spiro atoms. The highest BCUT2D eigenvalue weighted by Crippen LogP contribution is 2.25. The lowest BCUT2D eigenvalue weighted by Crippen LogP contribution is -2.41. The van der Waals surface area contributed by atoms with Crippen LogP contribution >= 0.6 is 39.0 Å². The molecule has 3 aromatic rings. The zero-order valence-corrected chi connectivity index (χ0v) is 16.0. The van der Waals surface area contributed by atoms with Gasteiger partial charge in [0.15, 0.2) is 0 Å². The summed E-state index contributed by atoms with van der Waals surface area (Å²) in [5.41, 5.74) is 5.27. The van der Waals surface area contributed by atoms with Crippen LogP contribution in [0.25, 0.3) is 0 Å². The first-order chi connectivity index (χ1) is 12.1. The number of pyridine rings is 1. The molecule has 0 saturated heterocycles. The third kappa shape index (κ3) is 4.91. The maximum Gasteiger partial charge on any atom is 0.279 e. The third-order valence-electron chi connectivity index (χ3n) is 3.06. The Morgan fingerprint density at radius 1 is 0.960 bits per heavy atom. The fourth-order valence-corrected chi connectivity index (χ4v) is 3.94. The predicted octanol–water partition coefficient (Wildman–Crippen LogP) is 4.13. The molecular formula is C17H12BrN3O2S2. The van der Waals surface area contributed by atoms with E-state index in [1.807, 2.05) is 30.3 Å². The Bertz CT molecular complexity index is 882. The minimum atomic E-state index is -0.377. The summed E-state index contributed by atoms with van der Waals surface area (Å²) in [7, 11) is 0. The molecule has 0 radical (unpaired) electrons. The van der Waals surface area contributed by atoms with Crippen LogP contribution in [0.3, 0.4) is 0 Å². The Kier molecular flexibility index (Phi) is 5.85. The lowest BCUT2D eigenvalue weighted by Gasteiger charge is -2.07. The fourth-order valence-electron chi connectivity index (χ4n) is 1.89. The minimum absolute atomic E-state index is 0.355. The molecule has 2 N–H and O–H groups in total. The second-order valence-corrected chi connectivity index (χ2v) is 8.36. The Labute approximate surface area is 161 Å². The van der Waals surface area contributed by atoms with Crippen molar-refractivity contribution in [2.75, 3.05) is 0 Å². The highest BCUT2D eigenvalue weighted by molar-refractivity contribution is 9.11. The number of nitrogens with one attached hydrogen (secondary N) is 2. The van der Waals surface area contributed by atoms with Gasteiger partial charge in [0.1, 0.15) is 5.03 Å². The van der Waals surface area contributed by atoms with E-state index in [0.29, 0.717) is 10.4 Å². The van der Waals surface area contributed by atoms with Crippen LogP contribution in [0.4, 0.5) is 0 Å². The van der Waals surface area contributed by atoms with Crippen LogP contribution in [0.2, 0.25) is 0 Å². The van der Waals surface area contributed by atoms with Crippen molar-refractivity contribution in [3.63, 3.8) is 0 Å². The van der Waals surface area contributed by atoms with E-state index in [-0.39, 0.29) is 11.8 Å². The SMILES string of the molecule is O=C(NNC(=O)c1ccc(Br)s1)c1ccc(Sc2ccccn2)cc1. The van der Waals surface area contributed by atoms with Crippen LogP contribution in [0.15, 0.2) is 74.5 Å². The number of nitrogens with zero attached hydrogens (tertiary/aromatic N) is 1. The molecule has 5 nitrogen and oxygen atoms in total. The van der Waals surface area contributed by atoms with Gasteiger partial charge in [-0.15, -0.1) is 11.3 Å². The molecule has 2 heterocycles. The van der Waals surface area contributed by atoms with Crippen LogP contribution in [0.1, 0.15) is 20.0 Å². The third-order valence-corrected chi connectivity index (χ3v) is 5.64. The first-order valence-corrected chi connectivity index (χ1v) is 9.59. The summed E-state index contributed by atoms with van der Waals surface area (Å²) in [6.07, 6.45) is 1.74. The lowest BCUT2D eigenvalue weighted by atomic mass is 10.2. The number of hydrazine groups is 1. The van der Waals surface area contributed by atoms with Crippen molar-refractivity contribution in [3.8, 4) is 0 Å². The first-order valence-electron chi connectivity index (χ1n) is 7.17. The van der Waals surface area contributed by atoms with Gasteiger partial charge in [-0.05, 0) is 64.5 Å². The smallest absolute Gasteiger partial charge is 0.267 e. The number of aromatic nitrogens is 1. The van der Waals surface area contributed by atoms with E-state index >= 15 is 0 Å². The zero-order valence-electron chi connectivity index (χ0n) is 12.7. The molecule has 0 fully saturated rings. The Morgan fingerprint density at radius 2 is 1.72 bits per heavy atom. The van der Waals surface area contributed by atoms with Crippen molar-refractivity contribution in [1.82, 2.24) is 15.8 Å². The van der Waals surface area contributed by atoms with Gasteiger partial charge >= 0.3 is 0 Å². The van der Waals surface area contributed by atoms with Crippen molar-refractivity contribution < 1.29 is 9.59 Å². The van der Waals surface area contributed by atoms with Gasteiger partial charge in [-0.25, -0.2) is 4.98 Å². The van der Waals surface area contributed by atoms with Crippen LogP contribution in [-0.2, 0) is 0 Å². The molecule has 8 heteroatoms. The Balaban J connectivity index is 1.56. The fraction of sp³-hybridized carbons (Fsp3) is 0. The minimum Gasteiger partial charge on any atom is -0.267 e. The van der Waals surface area contributed by atoms with Crippen molar-refractivity contribution in [2.45, 2.75) is 9.92 Å². The number of thiophene rings is 1. The molecule has 3 rings (SSSR count). The Hall–Kier alpha value is -2.16. The first kappa shape index (κ1) is 17.7. The number of benzene rings is 1.